The quantitative estimate of drug-likeness (QED) is 0.851. The lowest BCUT2D eigenvalue weighted by atomic mass is 10.2. The van der Waals surface area contributed by atoms with Crippen LogP contribution in [0.25, 0.3) is 0 Å². The number of hydrogen-bond acceptors (Lipinski definition) is 4. The lowest BCUT2D eigenvalue weighted by Crippen LogP contribution is -2.40. The monoisotopic (exact) mass is 225 g/mol. The van der Waals surface area contributed by atoms with Crippen LogP contribution in [0, 0.1) is 0 Å². The zero-order chi connectivity index (χ0) is 10.5. The maximum atomic E-state index is 4.36. The predicted molar refractivity (Wildman–Crippen MR) is 63.8 cm³/mol. The Kier molecular flexibility index (Phi) is 4.11. The molecule has 0 saturated carbocycles. The Hall–Kier alpha value is -0.450. The second-order valence-electron chi connectivity index (χ2n) is 3.96. The molecule has 3 nitrogen and oxygen atoms in total. The molecule has 2 heterocycles. The second-order valence-corrected chi connectivity index (χ2v) is 5.16. The summed E-state index contributed by atoms with van der Waals surface area (Å²) in [6, 6.07) is 0. The Morgan fingerprint density at radius 2 is 2.20 bits per heavy atom. The molecule has 84 valence electrons. The van der Waals surface area contributed by atoms with Crippen molar-refractivity contribution in [1.29, 1.82) is 0 Å². The Balaban J connectivity index is 1.76. The van der Waals surface area contributed by atoms with Gasteiger partial charge in [0.25, 0.3) is 0 Å². The van der Waals surface area contributed by atoms with E-state index in [0.29, 0.717) is 0 Å². The number of nitrogens with one attached hydrogen (secondary N) is 1. The van der Waals surface area contributed by atoms with E-state index < -0.39 is 0 Å². The molecule has 0 unspecified atom stereocenters. The fourth-order valence-electron chi connectivity index (χ4n) is 1.83. The summed E-state index contributed by atoms with van der Waals surface area (Å²) in [6.45, 7) is 5.48. The normalized spacial score (nSPS) is 18.2. The Bertz CT molecular complexity index is 292. The van der Waals surface area contributed by atoms with Crippen molar-refractivity contribution in [3.8, 4) is 0 Å². The van der Waals surface area contributed by atoms with Crippen molar-refractivity contribution < 1.29 is 0 Å². The molecule has 1 aromatic heterocycles. The van der Waals surface area contributed by atoms with Crippen LogP contribution in [0.4, 0.5) is 0 Å². The number of aromatic nitrogens is 1. The molecule has 15 heavy (non-hydrogen) atoms. The molecule has 0 spiro atoms. The molecule has 0 bridgehead atoms. The zero-order valence-corrected chi connectivity index (χ0v) is 10.1. The third-order valence-electron chi connectivity index (χ3n) is 2.74. The van der Waals surface area contributed by atoms with Gasteiger partial charge < -0.3 is 0 Å². The van der Waals surface area contributed by atoms with Gasteiger partial charge in [0, 0.05) is 30.7 Å². The van der Waals surface area contributed by atoms with Crippen molar-refractivity contribution >= 4 is 11.3 Å². The fraction of sp³-hybridized carbons (Fsp3) is 0.727. The van der Waals surface area contributed by atoms with Gasteiger partial charge in [0.05, 0.1) is 5.01 Å². The predicted octanol–water partition coefficient (Wildman–Crippen LogP) is 2.20. The van der Waals surface area contributed by atoms with E-state index in [-0.39, 0.29) is 0 Å². The van der Waals surface area contributed by atoms with Gasteiger partial charge in [-0.05, 0) is 19.3 Å². The van der Waals surface area contributed by atoms with Crippen LogP contribution in [0.2, 0.25) is 0 Å². The van der Waals surface area contributed by atoms with Gasteiger partial charge in [0.1, 0.15) is 0 Å². The van der Waals surface area contributed by atoms with Crippen molar-refractivity contribution in [1.82, 2.24) is 15.4 Å². The standard InChI is InChI=1S/C11H19N3S/c1-2-11-12-8-10(15-11)9-13-14-6-4-3-5-7-14/h8,13H,2-7,9H2,1H3. The van der Waals surface area contributed by atoms with E-state index in [1.807, 2.05) is 17.5 Å². The number of rotatable bonds is 4. The summed E-state index contributed by atoms with van der Waals surface area (Å²) in [7, 11) is 0. The smallest absolute Gasteiger partial charge is 0.0925 e. The molecule has 0 aliphatic carbocycles. The van der Waals surface area contributed by atoms with E-state index in [9.17, 15) is 0 Å². The zero-order valence-electron chi connectivity index (χ0n) is 9.33. The topological polar surface area (TPSA) is 28.2 Å². The second kappa shape index (κ2) is 5.58. The molecular weight excluding hydrogens is 206 g/mol. The maximum Gasteiger partial charge on any atom is 0.0925 e. The number of nitrogens with zero attached hydrogens (tertiary/aromatic N) is 2. The number of hydrogen-bond donors (Lipinski definition) is 1. The summed E-state index contributed by atoms with van der Waals surface area (Å²) >= 11 is 1.82. The van der Waals surface area contributed by atoms with E-state index >= 15 is 0 Å². The largest absolute Gasteiger partial charge is 0.250 e. The summed E-state index contributed by atoms with van der Waals surface area (Å²) in [4.78, 5) is 5.70. The van der Waals surface area contributed by atoms with Crippen LogP contribution in [0.3, 0.4) is 0 Å². The van der Waals surface area contributed by atoms with Crippen molar-refractivity contribution in [3.63, 3.8) is 0 Å². The van der Waals surface area contributed by atoms with Gasteiger partial charge in [0.15, 0.2) is 0 Å². The van der Waals surface area contributed by atoms with Crippen LogP contribution in [0.5, 0.6) is 0 Å². The number of thiazole rings is 1. The lowest BCUT2D eigenvalue weighted by molar-refractivity contribution is 0.152. The number of hydrazine groups is 1. The summed E-state index contributed by atoms with van der Waals surface area (Å²) in [5, 5.41) is 3.58. The lowest BCUT2D eigenvalue weighted by Gasteiger charge is -2.26. The SMILES string of the molecule is CCc1ncc(CNN2CCCCC2)s1. The highest BCUT2D eigenvalue weighted by Gasteiger charge is 2.09. The number of aryl methyl sites for hydroxylation is 1. The van der Waals surface area contributed by atoms with Crippen molar-refractivity contribution in [2.24, 2.45) is 0 Å². The minimum absolute atomic E-state index is 0.942. The first kappa shape index (κ1) is 11.0. The molecule has 1 fully saturated rings. The summed E-state index contributed by atoms with van der Waals surface area (Å²) < 4.78 is 0. The first-order valence-corrected chi connectivity index (χ1v) is 6.62. The summed E-state index contributed by atoms with van der Waals surface area (Å²) in [5.74, 6) is 0. The molecule has 2 rings (SSSR count). The van der Waals surface area contributed by atoms with Crippen LogP contribution in [0.1, 0.15) is 36.1 Å². The van der Waals surface area contributed by atoms with Crippen LogP contribution >= 0.6 is 11.3 Å². The van der Waals surface area contributed by atoms with Gasteiger partial charge >= 0.3 is 0 Å². The van der Waals surface area contributed by atoms with E-state index in [0.717, 1.165) is 13.0 Å². The van der Waals surface area contributed by atoms with Gasteiger partial charge in [-0.3, -0.25) is 0 Å². The van der Waals surface area contributed by atoms with Crippen LogP contribution in [0.15, 0.2) is 6.20 Å². The first-order valence-electron chi connectivity index (χ1n) is 5.80. The fourth-order valence-corrected chi connectivity index (χ4v) is 2.63. The number of piperidine rings is 1. The molecule has 1 N–H and O–H groups in total. The highest BCUT2D eigenvalue weighted by molar-refractivity contribution is 7.11. The molecule has 1 aliphatic rings. The third-order valence-corrected chi connectivity index (χ3v) is 3.88. The van der Waals surface area contributed by atoms with Gasteiger partial charge in [-0.2, -0.15) is 0 Å². The molecule has 0 atom stereocenters. The third kappa shape index (κ3) is 3.26. The average molecular weight is 225 g/mol. The van der Waals surface area contributed by atoms with Gasteiger partial charge in [-0.25, -0.2) is 15.4 Å². The first-order chi connectivity index (χ1) is 7.38. The van der Waals surface area contributed by atoms with Crippen molar-refractivity contribution in [2.45, 2.75) is 39.2 Å². The van der Waals surface area contributed by atoms with E-state index in [4.69, 9.17) is 0 Å². The summed E-state index contributed by atoms with van der Waals surface area (Å²) in [5.41, 5.74) is 3.48. The molecule has 0 radical (unpaired) electrons. The molecule has 4 heteroatoms. The molecule has 0 amide bonds. The maximum absolute atomic E-state index is 4.36. The molecular formula is C11H19N3S. The van der Waals surface area contributed by atoms with E-state index in [1.165, 1.54) is 42.2 Å². The highest BCUT2D eigenvalue weighted by atomic mass is 32.1. The van der Waals surface area contributed by atoms with Gasteiger partial charge in [-0.15, -0.1) is 11.3 Å². The Morgan fingerprint density at radius 1 is 1.40 bits per heavy atom. The van der Waals surface area contributed by atoms with Crippen molar-refractivity contribution in [2.75, 3.05) is 13.1 Å². The average Bonchev–Trinajstić information content (AvgIpc) is 2.76. The van der Waals surface area contributed by atoms with E-state index in [1.54, 1.807) is 0 Å². The highest BCUT2D eigenvalue weighted by Crippen LogP contribution is 2.13. The Morgan fingerprint density at radius 3 is 2.87 bits per heavy atom. The van der Waals surface area contributed by atoms with Gasteiger partial charge in [-0.1, -0.05) is 13.3 Å². The Labute approximate surface area is 95.5 Å². The summed E-state index contributed by atoms with van der Waals surface area (Å²) in [6.07, 6.45) is 7.10. The molecule has 1 aliphatic heterocycles. The molecule has 1 saturated heterocycles. The van der Waals surface area contributed by atoms with Crippen LogP contribution in [-0.4, -0.2) is 23.1 Å². The van der Waals surface area contributed by atoms with Crippen LogP contribution < -0.4 is 5.43 Å². The van der Waals surface area contributed by atoms with E-state index in [2.05, 4.69) is 22.3 Å². The minimum atomic E-state index is 0.942. The molecule has 0 aromatic carbocycles. The minimum Gasteiger partial charge on any atom is -0.250 e. The van der Waals surface area contributed by atoms with Crippen LogP contribution in [-0.2, 0) is 13.0 Å². The molecule has 1 aromatic rings. The van der Waals surface area contributed by atoms with Crippen molar-refractivity contribution in [3.05, 3.63) is 16.1 Å². The van der Waals surface area contributed by atoms with Gasteiger partial charge in [0.2, 0.25) is 0 Å².